The van der Waals surface area contributed by atoms with Crippen LogP contribution in [0.5, 0.6) is 5.88 Å². The van der Waals surface area contributed by atoms with Crippen molar-refractivity contribution >= 4 is 17.3 Å². The molecule has 0 radical (unpaired) electrons. The monoisotopic (exact) mass is 443 g/mol. The summed E-state index contributed by atoms with van der Waals surface area (Å²) in [6.45, 7) is 6.08. The number of rotatable bonds is 9. The van der Waals surface area contributed by atoms with E-state index in [1.54, 1.807) is 19.2 Å². The lowest BCUT2D eigenvalue weighted by atomic mass is 9.86. The lowest BCUT2D eigenvalue weighted by Crippen LogP contribution is -2.37. The minimum absolute atomic E-state index is 0.425. The fourth-order valence-electron chi connectivity index (χ4n) is 4.25. The zero-order chi connectivity index (χ0) is 22.2. The van der Waals surface area contributed by atoms with Crippen LogP contribution in [-0.2, 0) is 4.74 Å². The van der Waals surface area contributed by atoms with Crippen LogP contribution in [0.3, 0.4) is 0 Å². The third-order valence-corrected chi connectivity index (χ3v) is 6.13. The number of aromatic nitrogens is 2. The van der Waals surface area contributed by atoms with Crippen molar-refractivity contribution in [1.82, 2.24) is 15.3 Å². The molecule has 0 amide bonds. The van der Waals surface area contributed by atoms with Crippen LogP contribution in [0.2, 0.25) is 0 Å². The second kappa shape index (κ2) is 11.4. The zero-order valence-electron chi connectivity index (χ0n) is 18.8. The second-order valence-electron chi connectivity index (χ2n) is 8.71. The maximum atomic E-state index is 13.0. The highest BCUT2D eigenvalue weighted by molar-refractivity contribution is 5.59. The van der Waals surface area contributed by atoms with Gasteiger partial charge in [-0.05, 0) is 62.8 Å². The minimum Gasteiger partial charge on any atom is -0.477 e. The van der Waals surface area contributed by atoms with Crippen molar-refractivity contribution in [2.45, 2.75) is 44.8 Å². The van der Waals surface area contributed by atoms with Crippen LogP contribution in [-0.4, -0.2) is 61.6 Å². The first-order valence-corrected chi connectivity index (χ1v) is 11.7. The fourth-order valence-corrected chi connectivity index (χ4v) is 4.25. The second-order valence-corrected chi connectivity index (χ2v) is 8.71. The number of nitrogens with zero attached hydrogens (tertiary/aromatic N) is 3. The number of anilines is 3. The van der Waals surface area contributed by atoms with Crippen LogP contribution >= 0.6 is 0 Å². The molecule has 2 aromatic rings. The van der Waals surface area contributed by atoms with E-state index < -0.39 is 6.17 Å². The van der Waals surface area contributed by atoms with Crippen LogP contribution in [0.1, 0.15) is 32.6 Å². The lowest BCUT2D eigenvalue weighted by Gasteiger charge is -2.29. The van der Waals surface area contributed by atoms with Crippen molar-refractivity contribution in [2.24, 2.45) is 5.92 Å². The summed E-state index contributed by atoms with van der Waals surface area (Å²) in [6.07, 6.45) is 5.23. The molecule has 2 fully saturated rings. The molecule has 2 N–H and O–H groups in total. The number of benzene rings is 1. The third kappa shape index (κ3) is 6.77. The van der Waals surface area contributed by atoms with Crippen LogP contribution in [0.15, 0.2) is 36.5 Å². The molecule has 8 heteroatoms. The number of alkyl halides is 1. The van der Waals surface area contributed by atoms with E-state index in [-0.39, 0.29) is 0 Å². The van der Waals surface area contributed by atoms with Gasteiger partial charge in [-0.3, -0.25) is 0 Å². The first-order chi connectivity index (χ1) is 15.7. The topological polar surface area (TPSA) is 71.5 Å². The largest absolute Gasteiger partial charge is 0.477 e. The summed E-state index contributed by atoms with van der Waals surface area (Å²) in [5, 5.41) is 6.57. The molecule has 1 aromatic carbocycles. The Morgan fingerprint density at radius 1 is 1.12 bits per heavy atom. The highest BCUT2D eigenvalue weighted by Crippen LogP contribution is 2.26. The van der Waals surface area contributed by atoms with Gasteiger partial charge >= 0.3 is 0 Å². The molecule has 1 saturated heterocycles. The highest BCUT2D eigenvalue weighted by atomic mass is 19.1. The van der Waals surface area contributed by atoms with Gasteiger partial charge in [-0.2, -0.15) is 4.98 Å². The van der Waals surface area contributed by atoms with Gasteiger partial charge in [-0.25, -0.2) is 9.37 Å². The van der Waals surface area contributed by atoms with Crippen molar-refractivity contribution in [3.8, 4) is 5.88 Å². The van der Waals surface area contributed by atoms with Gasteiger partial charge in [0, 0.05) is 49.3 Å². The Morgan fingerprint density at radius 2 is 1.88 bits per heavy atom. The Balaban J connectivity index is 1.23. The molecule has 32 heavy (non-hydrogen) atoms. The van der Waals surface area contributed by atoms with Crippen molar-refractivity contribution < 1.29 is 13.9 Å². The van der Waals surface area contributed by atoms with Gasteiger partial charge in [0.05, 0.1) is 19.8 Å². The Kier molecular flexibility index (Phi) is 8.12. The number of halogens is 1. The van der Waals surface area contributed by atoms with Gasteiger partial charge in [-0.1, -0.05) is 0 Å². The van der Waals surface area contributed by atoms with Crippen LogP contribution < -0.4 is 20.3 Å². The van der Waals surface area contributed by atoms with E-state index in [1.807, 2.05) is 12.1 Å². The third-order valence-electron chi connectivity index (χ3n) is 6.13. The fraction of sp³-hybridized carbons (Fsp3) is 0.583. The molecule has 1 aliphatic heterocycles. The normalized spacial score (nSPS) is 22.4. The molecular weight excluding hydrogens is 409 g/mol. The summed E-state index contributed by atoms with van der Waals surface area (Å²) in [6, 6.07) is 10.5. The van der Waals surface area contributed by atoms with E-state index in [0.29, 0.717) is 36.9 Å². The van der Waals surface area contributed by atoms with Crippen molar-refractivity contribution in [3.63, 3.8) is 0 Å². The lowest BCUT2D eigenvalue weighted by molar-refractivity contribution is 0.122. The summed E-state index contributed by atoms with van der Waals surface area (Å²) in [7, 11) is 0. The SMILES string of the molecule is CC(F)CNC1CCC(COc2ccnc(Nc3ccc(N4CCOCC4)cc3)n2)CC1. The number of ether oxygens (including phenoxy) is 2. The first-order valence-electron chi connectivity index (χ1n) is 11.7. The summed E-state index contributed by atoms with van der Waals surface area (Å²) >= 11 is 0. The quantitative estimate of drug-likeness (QED) is 0.608. The Morgan fingerprint density at radius 3 is 2.59 bits per heavy atom. The molecule has 1 unspecified atom stereocenters. The highest BCUT2D eigenvalue weighted by Gasteiger charge is 2.22. The predicted molar refractivity (Wildman–Crippen MR) is 125 cm³/mol. The van der Waals surface area contributed by atoms with Crippen molar-refractivity contribution in [2.75, 3.05) is 49.7 Å². The van der Waals surface area contributed by atoms with Crippen molar-refractivity contribution in [1.29, 1.82) is 0 Å². The Labute approximate surface area is 189 Å². The minimum atomic E-state index is -0.792. The summed E-state index contributed by atoms with van der Waals surface area (Å²) in [4.78, 5) is 11.1. The Bertz CT molecular complexity index is 821. The molecule has 2 heterocycles. The van der Waals surface area contributed by atoms with Crippen LogP contribution in [0.4, 0.5) is 21.7 Å². The average Bonchev–Trinajstić information content (AvgIpc) is 2.83. The van der Waals surface area contributed by atoms with E-state index in [0.717, 1.165) is 57.7 Å². The van der Waals surface area contributed by atoms with Gasteiger partial charge < -0.3 is 25.0 Å². The molecule has 4 rings (SSSR count). The summed E-state index contributed by atoms with van der Waals surface area (Å²) < 4.78 is 24.4. The summed E-state index contributed by atoms with van der Waals surface area (Å²) in [5.74, 6) is 1.61. The first kappa shape index (κ1) is 22.7. The standard InChI is InChI=1S/C24H34FN5O2/c1-18(25)16-27-20-4-2-19(3-5-20)17-32-23-10-11-26-24(29-23)28-21-6-8-22(9-7-21)30-12-14-31-15-13-30/h6-11,18-20,27H,2-5,12-17H2,1H3,(H,26,28,29). The van der Waals surface area contributed by atoms with E-state index in [9.17, 15) is 4.39 Å². The van der Waals surface area contributed by atoms with E-state index >= 15 is 0 Å². The zero-order valence-corrected chi connectivity index (χ0v) is 18.8. The Hall–Kier alpha value is -2.45. The number of morpholine rings is 1. The van der Waals surface area contributed by atoms with Crippen LogP contribution in [0.25, 0.3) is 0 Å². The smallest absolute Gasteiger partial charge is 0.230 e. The van der Waals surface area contributed by atoms with E-state index in [1.165, 1.54) is 5.69 Å². The maximum absolute atomic E-state index is 13.0. The average molecular weight is 444 g/mol. The molecule has 0 bridgehead atoms. The maximum Gasteiger partial charge on any atom is 0.230 e. The van der Waals surface area contributed by atoms with Crippen LogP contribution in [0, 0.1) is 5.92 Å². The van der Waals surface area contributed by atoms with Crippen molar-refractivity contribution in [3.05, 3.63) is 36.5 Å². The molecule has 7 nitrogen and oxygen atoms in total. The van der Waals surface area contributed by atoms with Gasteiger partial charge in [0.2, 0.25) is 11.8 Å². The molecule has 1 aromatic heterocycles. The van der Waals surface area contributed by atoms with Gasteiger partial charge in [0.15, 0.2) is 0 Å². The molecular formula is C24H34FN5O2. The number of hydrogen-bond acceptors (Lipinski definition) is 7. The summed E-state index contributed by atoms with van der Waals surface area (Å²) in [5.41, 5.74) is 2.13. The molecule has 2 aliphatic rings. The molecule has 174 valence electrons. The number of hydrogen-bond donors (Lipinski definition) is 2. The number of nitrogens with one attached hydrogen (secondary N) is 2. The van der Waals surface area contributed by atoms with E-state index in [2.05, 4.69) is 37.6 Å². The molecule has 1 aliphatic carbocycles. The molecule has 0 spiro atoms. The van der Waals surface area contributed by atoms with Gasteiger partial charge in [0.1, 0.15) is 6.17 Å². The molecule has 1 saturated carbocycles. The van der Waals surface area contributed by atoms with Gasteiger partial charge in [-0.15, -0.1) is 0 Å². The molecule has 1 atom stereocenters. The van der Waals surface area contributed by atoms with E-state index in [4.69, 9.17) is 9.47 Å². The van der Waals surface area contributed by atoms with Gasteiger partial charge in [0.25, 0.3) is 0 Å². The predicted octanol–water partition coefficient (Wildman–Crippen LogP) is 3.94.